The average molecular weight is 460 g/mol. The summed E-state index contributed by atoms with van der Waals surface area (Å²) in [5.41, 5.74) is 1.03. The van der Waals surface area contributed by atoms with E-state index in [9.17, 15) is 4.79 Å². The summed E-state index contributed by atoms with van der Waals surface area (Å²) in [6.07, 6.45) is 0.0849. The lowest BCUT2D eigenvalue weighted by molar-refractivity contribution is 0.0587. The molecule has 0 amide bonds. The van der Waals surface area contributed by atoms with Crippen molar-refractivity contribution < 1.29 is 18.6 Å². The lowest BCUT2D eigenvalue weighted by atomic mass is 9.41. The van der Waals surface area contributed by atoms with Crippen molar-refractivity contribution in [3.05, 3.63) is 52.4 Å². The molecule has 0 N–H and O–H groups in total. The lowest BCUT2D eigenvalue weighted by Crippen LogP contribution is -2.65. The number of ether oxygens (including phenoxy) is 3. The summed E-state index contributed by atoms with van der Waals surface area (Å²) >= 11 is 0. The van der Waals surface area contributed by atoms with E-state index >= 15 is 4.39 Å². The summed E-state index contributed by atoms with van der Waals surface area (Å²) in [5, 5.41) is 3.42. The number of anilines is 1. The highest BCUT2D eigenvalue weighted by molar-refractivity contribution is 6.53. The van der Waals surface area contributed by atoms with Crippen LogP contribution in [0.15, 0.2) is 41.3 Å². The third kappa shape index (κ3) is 3.90. The van der Waals surface area contributed by atoms with Crippen molar-refractivity contribution in [3.8, 4) is 17.2 Å². The number of rotatable bonds is 3. The van der Waals surface area contributed by atoms with Gasteiger partial charge in [-0.25, -0.2) is 9.37 Å². The van der Waals surface area contributed by atoms with Crippen molar-refractivity contribution in [2.45, 2.75) is 36.4 Å². The van der Waals surface area contributed by atoms with Crippen molar-refractivity contribution in [1.29, 1.82) is 0 Å². The van der Waals surface area contributed by atoms with Gasteiger partial charge in [-0.1, -0.05) is 0 Å². The molecule has 2 aliphatic rings. The maximum Gasteiger partial charge on any atom is 0.274 e. The molecule has 172 valence electrons. The second-order valence-electron chi connectivity index (χ2n) is 9.94. The van der Waals surface area contributed by atoms with Gasteiger partial charge in [-0.15, -0.1) is 5.10 Å². The van der Waals surface area contributed by atoms with Crippen LogP contribution in [0.3, 0.4) is 0 Å². The second-order valence-corrected chi connectivity index (χ2v) is 9.94. The number of alkyl halides is 1. The molecule has 2 aromatic heterocycles. The van der Waals surface area contributed by atoms with Crippen LogP contribution >= 0.6 is 0 Å². The Morgan fingerprint density at radius 3 is 2.59 bits per heavy atom. The van der Waals surface area contributed by atoms with Crippen LogP contribution in [0.5, 0.6) is 17.2 Å². The van der Waals surface area contributed by atoms with Gasteiger partial charge in [-0.3, -0.25) is 4.79 Å². The molecule has 0 saturated carbocycles. The lowest BCUT2D eigenvalue weighted by Gasteiger charge is -2.47. The summed E-state index contributed by atoms with van der Waals surface area (Å²) in [4.78, 5) is 18.2. The van der Waals surface area contributed by atoms with Crippen LogP contribution < -0.4 is 24.7 Å². The van der Waals surface area contributed by atoms with E-state index in [1.54, 1.807) is 24.3 Å². The number of benzene rings is 1. The number of halogens is 1. The van der Waals surface area contributed by atoms with Gasteiger partial charge in [0.05, 0.1) is 17.3 Å². The van der Waals surface area contributed by atoms with Crippen LogP contribution in [0.25, 0.3) is 5.65 Å². The predicted molar refractivity (Wildman–Crippen MR) is 137 cm³/mol. The van der Waals surface area contributed by atoms with E-state index < -0.39 is 23.1 Å². The van der Waals surface area contributed by atoms with Crippen molar-refractivity contribution in [2.24, 2.45) is 0 Å². The fourth-order valence-electron chi connectivity index (χ4n) is 4.26. The summed E-state index contributed by atoms with van der Waals surface area (Å²) < 4.78 is 34.8. The van der Waals surface area contributed by atoms with E-state index in [0.717, 1.165) is 5.56 Å². The molecule has 8 nitrogen and oxygen atoms in total. The van der Waals surface area contributed by atoms with Gasteiger partial charge in [0.1, 0.15) is 43.2 Å². The summed E-state index contributed by atoms with van der Waals surface area (Å²) in [6.45, 7) is 2.55. The number of hydrogen-bond acceptors (Lipinski definition) is 7. The van der Waals surface area contributed by atoms with E-state index in [0.29, 0.717) is 41.7 Å². The largest absolute Gasteiger partial charge is 0.499 e. The Kier molecular flexibility index (Phi) is 5.33. The van der Waals surface area contributed by atoms with Crippen LogP contribution in [-0.4, -0.2) is 82.1 Å². The van der Waals surface area contributed by atoms with Crippen molar-refractivity contribution in [1.82, 2.24) is 14.6 Å². The highest BCUT2D eigenvalue weighted by Crippen LogP contribution is 2.41. The van der Waals surface area contributed by atoms with Gasteiger partial charge in [0.15, 0.2) is 29.1 Å². The van der Waals surface area contributed by atoms with Gasteiger partial charge in [0.2, 0.25) is 0 Å². The summed E-state index contributed by atoms with van der Waals surface area (Å²) in [5.74, 6) is 2.35. The Morgan fingerprint density at radius 2 is 1.85 bits per heavy atom. The molecule has 2 atom stereocenters. The Balaban J connectivity index is 1.31. The molecular weight excluding hydrogens is 435 g/mol. The van der Waals surface area contributed by atoms with Gasteiger partial charge >= 0.3 is 0 Å². The van der Waals surface area contributed by atoms with Crippen LogP contribution in [0, 0.1) is 6.92 Å². The highest BCUT2D eigenvalue weighted by atomic mass is 19.1. The molecule has 1 aromatic carbocycles. The SMILES string of the molecule is BC1(B)Oc2ccc(O[C@@H]3CCN(c4nn5c(=O)ccnc5cc4C)C[C@H]3F)cc2OC1(B)B. The number of aromatic nitrogens is 3. The zero-order chi connectivity index (χ0) is 24.3. The number of nitrogens with zero attached hydrogens (tertiary/aromatic N) is 4. The number of piperidine rings is 1. The maximum absolute atomic E-state index is 15.2. The first kappa shape index (κ1) is 22.7. The standard InChI is InChI=1S/C21H25B4FN4O4/c1-11-8-17-27-6-4-18(31)30(17)28-19(11)29-7-5-14(13(26)10-29)32-12-2-3-15-16(9-12)34-21(24,25)20(22,23)33-15/h2-4,6,8-9,13-14H,5,7,10,22-25H2,1H3/t13-,14-/m1/s1. The zero-order valence-corrected chi connectivity index (χ0v) is 20.0. The zero-order valence-electron chi connectivity index (χ0n) is 20.0. The third-order valence-electron chi connectivity index (χ3n) is 6.91. The van der Waals surface area contributed by atoms with E-state index in [-0.39, 0.29) is 12.1 Å². The quantitative estimate of drug-likeness (QED) is 0.420. The Bertz CT molecular complexity index is 1320. The molecule has 0 bridgehead atoms. The van der Waals surface area contributed by atoms with E-state index in [2.05, 4.69) is 10.1 Å². The number of hydrogen-bond donors (Lipinski definition) is 0. The maximum atomic E-state index is 15.2. The summed E-state index contributed by atoms with van der Waals surface area (Å²) in [7, 11) is 7.93. The van der Waals surface area contributed by atoms with Gasteiger partial charge < -0.3 is 19.1 Å². The van der Waals surface area contributed by atoms with Crippen LogP contribution in [0.1, 0.15) is 12.0 Å². The highest BCUT2D eigenvalue weighted by Gasteiger charge is 2.44. The minimum atomic E-state index is -1.24. The second kappa shape index (κ2) is 7.99. The molecule has 3 aromatic rings. The van der Waals surface area contributed by atoms with Crippen molar-refractivity contribution >= 4 is 42.9 Å². The Hall–Kier alpha value is -3.10. The number of aryl methyl sites for hydroxylation is 1. The van der Waals surface area contributed by atoms with E-state index in [1.165, 1.54) is 16.8 Å². The van der Waals surface area contributed by atoms with Crippen LogP contribution in [-0.2, 0) is 0 Å². The van der Waals surface area contributed by atoms with Gasteiger partial charge in [-0.2, -0.15) is 4.52 Å². The molecule has 0 aliphatic carbocycles. The fourth-order valence-corrected chi connectivity index (χ4v) is 4.26. The first-order chi connectivity index (χ1) is 16.0. The van der Waals surface area contributed by atoms with E-state index in [1.807, 2.05) is 43.2 Å². The van der Waals surface area contributed by atoms with Crippen LogP contribution in [0.2, 0.25) is 0 Å². The minimum absolute atomic E-state index is 0.116. The first-order valence-electron chi connectivity index (χ1n) is 11.5. The molecule has 5 rings (SSSR count). The molecular formula is C21H25B4FN4O4. The molecule has 2 aliphatic heterocycles. The first-order valence-corrected chi connectivity index (χ1v) is 11.5. The van der Waals surface area contributed by atoms with Gasteiger partial charge in [0.25, 0.3) is 5.56 Å². The number of fused-ring (bicyclic) bond motifs is 2. The topological polar surface area (TPSA) is 78.2 Å². The molecule has 34 heavy (non-hydrogen) atoms. The summed E-state index contributed by atoms with van der Waals surface area (Å²) in [6, 6.07) is 8.49. The van der Waals surface area contributed by atoms with Gasteiger partial charge in [-0.05, 0) is 30.7 Å². The van der Waals surface area contributed by atoms with Gasteiger partial charge in [0, 0.05) is 31.3 Å². The predicted octanol–water partition coefficient (Wildman–Crippen LogP) is -2.00. The molecule has 0 radical (unpaired) electrons. The van der Waals surface area contributed by atoms with Crippen molar-refractivity contribution in [2.75, 3.05) is 18.0 Å². The van der Waals surface area contributed by atoms with Crippen molar-refractivity contribution in [3.63, 3.8) is 0 Å². The van der Waals surface area contributed by atoms with E-state index in [4.69, 9.17) is 14.2 Å². The van der Waals surface area contributed by atoms with Crippen LogP contribution in [0.4, 0.5) is 10.2 Å². The molecule has 1 fully saturated rings. The third-order valence-corrected chi connectivity index (χ3v) is 6.91. The Labute approximate surface area is 200 Å². The molecule has 1 saturated heterocycles. The fraction of sp³-hybridized carbons (Fsp3) is 0.381. The molecule has 13 heteroatoms. The molecule has 0 spiro atoms. The minimum Gasteiger partial charge on any atom is -0.499 e. The average Bonchev–Trinajstić information content (AvgIpc) is 2.75. The molecule has 4 heterocycles. The molecule has 0 unspecified atom stereocenters. The normalized spacial score (nSPS) is 22.9. The smallest absolute Gasteiger partial charge is 0.274 e. The monoisotopic (exact) mass is 460 g/mol. The Morgan fingerprint density at radius 1 is 1.12 bits per heavy atom.